The Morgan fingerprint density at radius 2 is 1.85 bits per heavy atom. The topological polar surface area (TPSA) is 79.0 Å². The van der Waals surface area contributed by atoms with Crippen LogP contribution in [-0.2, 0) is 14.8 Å². The predicted octanol–water partition coefficient (Wildman–Crippen LogP) is 1.03. The van der Waals surface area contributed by atoms with Crippen molar-refractivity contribution in [1.29, 1.82) is 0 Å². The predicted molar refractivity (Wildman–Crippen MR) is 101 cm³/mol. The van der Waals surface area contributed by atoms with E-state index in [1.54, 1.807) is 19.2 Å². The Balaban J connectivity index is 1.82. The summed E-state index contributed by atoms with van der Waals surface area (Å²) in [6, 6.07) is 6.05. The molecule has 8 heteroatoms. The van der Waals surface area contributed by atoms with E-state index in [1.165, 1.54) is 26.2 Å². The van der Waals surface area contributed by atoms with Crippen LogP contribution in [0.2, 0.25) is 0 Å². The van der Waals surface area contributed by atoms with E-state index in [-0.39, 0.29) is 10.8 Å². The zero-order valence-electron chi connectivity index (χ0n) is 15.8. The number of piperidine rings is 1. The molecule has 2 rings (SSSR count). The molecule has 26 heavy (non-hydrogen) atoms. The molecule has 7 nitrogen and oxygen atoms in total. The quantitative estimate of drug-likeness (QED) is 0.725. The van der Waals surface area contributed by atoms with E-state index in [0.29, 0.717) is 18.0 Å². The number of likely N-dealkylation sites (tertiary alicyclic amines) is 1. The maximum absolute atomic E-state index is 12.3. The van der Waals surface area contributed by atoms with Gasteiger partial charge in [0.25, 0.3) is 5.91 Å². The maximum Gasteiger partial charge on any atom is 0.251 e. The van der Waals surface area contributed by atoms with Crippen LogP contribution in [0.15, 0.2) is 29.2 Å². The molecule has 1 fully saturated rings. The van der Waals surface area contributed by atoms with Gasteiger partial charge in [0.2, 0.25) is 10.0 Å². The number of hydrogen-bond acceptors (Lipinski definition) is 5. The zero-order chi connectivity index (χ0) is 19.2. The first-order chi connectivity index (χ1) is 12.3. The molecule has 146 valence electrons. The second kappa shape index (κ2) is 9.45. The molecule has 0 saturated carbocycles. The molecule has 0 aliphatic carbocycles. The van der Waals surface area contributed by atoms with Crippen molar-refractivity contribution in [3.63, 3.8) is 0 Å². The van der Waals surface area contributed by atoms with Crippen LogP contribution in [0.5, 0.6) is 0 Å². The van der Waals surface area contributed by atoms with Crippen LogP contribution in [0.3, 0.4) is 0 Å². The second-order valence-electron chi connectivity index (χ2n) is 6.80. The SMILES string of the molecule is COCCN1CCC(CNC(=O)c2ccc(S(=O)(=O)N(C)C)cc2)CC1. The Kier molecular flexibility index (Phi) is 7.57. The highest BCUT2D eigenvalue weighted by atomic mass is 32.2. The molecule has 0 radical (unpaired) electrons. The van der Waals surface area contributed by atoms with Crippen molar-refractivity contribution in [2.24, 2.45) is 5.92 Å². The Morgan fingerprint density at radius 1 is 1.23 bits per heavy atom. The van der Waals surface area contributed by atoms with E-state index in [4.69, 9.17) is 4.74 Å². The third kappa shape index (κ3) is 5.51. The number of rotatable bonds is 8. The van der Waals surface area contributed by atoms with Crippen molar-refractivity contribution in [2.75, 3.05) is 54.0 Å². The average molecular weight is 384 g/mol. The number of amides is 1. The summed E-state index contributed by atoms with van der Waals surface area (Å²) in [5.74, 6) is 0.312. The molecule has 1 N–H and O–H groups in total. The number of methoxy groups -OCH3 is 1. The van der Waals surface area contributed by atoms with Crippen molar-refractivity contribution in [2.45, 2.75) is 17.7 Å². The average Bonchev–Trinajstić information content (AvgIpc) is 2.65. The zero-order valence-corrected chi connectivity index (χ0v) is 16.6. The maximum atomic E-state index is 12.3. The highest BCUT2D eigenvalue weighted by Gasteiger charge is 2.20. The molecule has 0 aromatic heterocycles. The molecule has 0 unspecified atom stereocenters. The minimum absolute atomic E-state index is 0.166. The summed E-state index contributed by atoms with van der Waals surface area (Å²) in [7, 11) is 1.21. The summed E-state index contributed by atoms with van der Waals surface area (Å²) in [5, 5.41) is 2.97. The minimum atomic E-state index is -3.47. The highest BCUT2D eigenvalue weighted by Crippen LogP contribution is 2.17. The molecule has 1 saturated heterocycles. The second-order valence-corrected chi connectivity index (χ2v) is 8.95. The number of nitrogens with one attached hydrogen (secondary N) is 1. The van der Waals surface area contributed by atoms with Crippen molar-refractivity contribution < 1.29 is 17.9 Å². The Morgan fingerprint density at radius 3 is 2.38 bits per heavy atom. The van der Waals surface area contributed by atoms with E-state index in [1.807, 2.05) is 0 Å². The number of sulfonamides is 1. The molecule has 0 atom stereocenters. The summed E-state index contributed by atoms with van der Waals surface area (Å²) in [6.07, 6.45) is 2.12. The number of carbonyl (C=O) groups excluding carboxylic acids is 1. The fraction of sp³-hybridized carbons (Fsp3) is 0.611. The van der Waals surface area contributed by atoms with Crippen LogP contribution in [0, 0.1) is 5.92 Å². The monoisotopic (exact) mass is 383 g/mol. The van der Waals surface area contributed by atoms with Gasteiger partial charge in [-0.2, -0.15) is 0 Å². The molecule has 1 amide bonds. The lowest BCUT2D eigenvalue weighted by Gasteiger charge is -2.31. The van der Waals surface area contributed by atoms with Crippen molar-refractivity contribution in [3.05, 3.63) is 29.8 Å². The van der Waals surface area contributed by atoms with E-state index in [9.17, 15) is 13.2 Å². The van der Waals surface area contributed by atoms with Gasteiger partial charge in [0.1, 0.15) is 0 Å². The van der Waals surface area contributed by atoms with Crippen molar-refractivity contribution in [3.8, 4) is 0 Å². The van der Waals surface area contributed by atoms with Crippen molar-refractivity contribution >= 4 is 15.9 Å². The third-order valence-corrected chi connectivity index (χ3v) is 6.59. The molecule has 1 aromatic carbocycles. The van der Waals surface area contributed by atoms with Gasteiger partial charge in [0, 0.05) is 39.9 Å². The van der Waals surface area contributed by atoms with Crippen molar-refractivity contribution in [1.82, 2.24) is 14.5 Å². The first kappa shape index (κ1) is 20.8. The summed E-state index contributed by atoms with van der Waals surface area (Å²) in [5.41, 5.74) is 0.472. The molecular formula is C18H29N3O4S. The molecular weight excluding hydrogens is 354 g/mol. The molecule has 1 aliphatic heterocycles. The number of hydrogen-bond donors (Lipinski definition) is 1. The summed E-state index contributed by atoms with van der Waals surface area (Å²) >= 11 is 0. The summed E-state index contributed by atoms with van der Waals surface area (Å²) in [4.78, 5) is 14.9. The largest absolute Gasteiger partial charge is 0.383 e. The van der Waals surface area contributed by atoms with Gasteiger partial charge in [-0.25, -0.2) is 12.7 Å². The van der Waals surface area contributed by atoms with E-state index in [0.717, 1.165) is 43.4 Å². The first-order valence-corrected chi connectivity index (χ1v) is 10.3. The normalized spacial score (nSPS) is 16.8. The standard InChI is InChI=1S/C18H29N3O4S/c1-20(2)26(23,24)17-6-4-16(5-7-17)18(22)19-14-15-8-10-21(11-9-15)12-13-25-3/h4-7,15H,8-14H2,1-3H3,(H,19,22). The molecule has 1 heterocycles. The Labute approximate surface area is 156 Å². The van der Waals surface area contributed by atoms with E-state index >= 15 is 0 Å². The number of benzene rings is 1. The van der Waals surface area contributed by atoms with Gasteiger partial charge >= 0.3 is 0 Å². The van der Waals surface area contributed by atoms with Crippen LogP contribution in [0.1, 0.15) is 23.2 Å². The van der Waals surface area contributed by atoms with E-state index in [2.05, 4.69) is 10.2 Å². The van der Waals surface area contributed by atoms with Crippen LogP contribution in [-0.4, -0.2) is 77.5 Å². The Hall–Kier alpha value is -1.48. The minimum Gasteiger partial charge on any atom is -0.383 e. The first-order valence-electron chi connectivity index (χ1n) is 8.86. The highest BCUT2D eigenvalue weighted by molar-refractivity contribution is 7.89. The van der Waals surface area contributed by atoms with Gasteiger partial charge in [-0.1, -0.05) is 0 Å². The summed E-state index contributed by atoms with van der Waals surface area (Å²) in [6.45, 7) is 4.41. The van der Waals surface area contributed by atoms with Crippen LogP contribution < -0.4 is 5.32 Å². The fourth-order valence-corrected chi connectivity index (χ4v) is 3.86. The van der Waals surface area contributed by atoms with Crippen LogP contribution in [0.25, 0.3) is 0 Å². The van der Waals surface area contributed by atoms with Crippen LogP contribution >= 0.6 is 0 Å². The Bertz CT molecular complexity index is 681. The smallest absolute Gasteiger partial charge is 0.251 e. The lowest BCUT2D eigenvalue weighted by atomic mass is 9.96. The van der Waals surface area contributed by atoms with Gasteiger partial charge in [-0.05, 0) is 56.1 Å². The molecule has 0 spiro atoms. The number of ether oxygens (including phenoxy) is 1. The summed E-state index contributed by atoms with van der Waals surface area (Å²) < 4.78 is 30.4. The lowest BCUT2D eigenvalue weighted by molar-refractivity contribution is 0.0926. The number of carbonyl (C=O) groups is 1. The lowest BCUT2D eigenvalue weighted by Crippen LogP contribution is -2.39. The van der Waals surface area contributed by atoms with E-state index < -0.39 is 10.0 Å². The molecule has 0 bridgehead atoms. The van der Waals surface area contributed by atoms with Gasteiger partial charge < -0.3 is 15.0 Å². The third-order valence-electron chi connectivity index (χ3n) is 4.77. The van der Waals surface area contributed by atoms with Gasteiger partial charge in [0.05, 0.1) is 11.5 Å². The van der Waals surface area contributed by atoms with Crippen LogP contribution in [0.4, 0.5) is 0 Å². The number of nitrogens with zero attached hydrogens (tertiary/aromatic N) is 2. The van der Waals surface area contributed by atoms with Gasteiger partial charge in [0.15, 0.2) is 0 Å². The van der Waals surface area contributed by atoms with Gasteiger partial charge in [-0.3, -0.25) is 4.79 Å². The van der Waals surface area contributed by atoms with Gasteiger partial charge in [-0.15, -0.1) is 0 Å². The molecule has 1 aliphatic rings. The molecule has 1 aromatic rings. The fourth-order valence-electron chi connectivity index (χ4n) is 2.96.